The average molecular weight is 468 g/mol. The van der Waals surface area contributed by atoms with Gasteiger partial charge in [-0.15, -0.1) is 0 Å². The molecule has 2 nitrogen and oxygen atoms in total. The van der Waals surface area contributed by atoms with Crippen LogP contribution in [0, 0.1) is 24.7 Å². The summed E-state index contributed by atoms with van der Waals surface area (Å²) >= 11 is 1.75. The van der Waals surface area contributed by atoms with Crippen LogP contribution in [-0.2, 0) is 0 Å². The third-order valence-electron chi connectivity index (χ3n) is 5.03. The van der Waals surface area contributed by atoms with Crippen LogP contribution in [0.1, 0.15) is 50.0 Å². The fourth-order valence-electron chi connectivity index (χ4n) is 3.82. The Morgan fingerprint density at radius 2 is 1.60 bits per heavy atom. The topological polar surface area (TPSA) is 23.5 Å². The molecule has 3 rings (SSSR count). The number of aliphatic hydroxyl groups excluding tert-OH is 1. The van der Waals surface area contributed by atoms with E-state index in [1.807, 2.05) is 0 Å². The molecule has 0 aromatic heterocycles. The van der Waals surface area contributed by atoms with Crippen LogP contribution in [0.15, 0.2) is 24.3 Å². The quantitative estimate of drug-likeness (QED) is 0.721. The molecule has 3 heteroatoms. The first kappa shape index (κ1) is 14.9. The van der Waals surface area contributed by atoms with E-state index < -0.39 is 0 Å². The molecule has 2 atom stereocenters. The number of benzene rings is 1. The Hall–Kier alpha value is 0.0231. The van der Waals surface area contributed by atoms with Gasteiger partial charge in [0.15, 0.2) is 0 Å². The van der Waals surface area contributed by atoms with Gasteiger partial charge in [-0.05, 0) is 0 Å². The number of rotatable bonds is 2. The number of hydrogen-bond donors (Lipinski definition) is 1. The molecule has 1 saturated carbocycles. The van der Waals surface area contributed by atoms with Crippen molar-refractivity contribution in [3.8, 4) is 0 Å². The van der Waals surface area contributed by atoms with Crippen molar-refractivity contribution in [3.05, 3.63) is 29.8 Å². The molecule has 0 radical (unpaired) electrons. The van der Waals surface area contributed by atoms with Crippen LogP contribution in [-0.4, -0.2) is 35.2 Å². The van der Waals surface area contributed by atoms with E-state index in [-0.39, 0.29) is 6.10 Å². The molecule has 1 saturated heterocycles. The van der Waals surface area contributed by atoms with Gasteiger partial charge in [-0.2, -0.15) is 0 Å². The number of aliphatic hydroxyl groups is 1. The molecule has 1 aromatic rings. The number of nitrogens with zero attached hydrogens (tertiary/aromatic N) is 1. The SMILES string of the molecule is O[C@@H]1CCCC[C@H]1N1CCC(c2ccc([At])cc2)CC1. The van der Waals surface area contributed by atoms with Gasteiger partial charge in [0.2, 0.25) is 0 Å². The molecule has 1 aliphatic heterocycles. The summed E-state index contributed by atoms with van der Waals surface area (Å²) in [5.41, 5.74) is 1.51. The summed E-state index contributed by atoms with van der Waals surface area (Å²) in [6, 6.07) is 9.56. The summed E-state index contributed by atoms with van der Waals surface area (Å²) in [4.78, 5) is 2.55. The van der Waals surface area contributed by atoms with Crippen LogP contribution in [0.3, 0.4) is 0 Å². The van der Waals surface area contributed by atoms with E-state index in [1.54, 1.807) is 24.7 Å². The molecule has 2 fully saturated rings. The first-order chi connectivity index (χ1) is 9.74. The van der Waals surface area contributed by atoms with E-state index >= 15 is 0 Å². The molecule has 0 amide bonds. The molecule has 110 valence electrons. The minimum atomic E-state index is -0.0818. The molecule has 1 aliphatic carbocycles. The van der Waals surface area contributed by atoms with E-state index in [0.29, 0.717) is 6.04 Å². The van der Waals surface area contributed by atoms with Gasteiger partial charge in [0, 0.05) is 0 Å². The molecule has 1 heterocycles. The third-order valence-corrected chi connectivity index (χ3v) is 6.01. The standard InChI is InChI=1S/C17H24AtNO/c18-15-7-5-13(6-8-15)14-9-11-19(12-10-14)16-3-1-2-4-17(16)20/h5-8,14,16-17,20H,1-4,9-12H2/t16-,17-/m1/s1. The molecule has 0 unspecified atom stereocenters. The predicted octanol–water partition coefficient (Wildman–Crippen LogP) is 2.34. The maximum absolute atomic E-state index is 10.2. The van der Waals surface area contributed by atoms with Gasteiger partial charge >= 0.3 is 138 Å². The Kier molecular flexibility index (Phi) is 5.12. The van der Waals surface area contributed by atoms with Crippen molar-refractivity contribution in [3.63, 3.8) is 0 Å². The second kappa shape index (κ2) is 6.86. The van der Waals surface area contributed by atoms with Crippen LogP contribution in [0.25, 0.3) is 0 Å². The Balaban J connectivity index is 1.57. The van der Waals surface area contributed by atoms with Crippen molar-refractivity contribution < 1.29 is 29.8 Å². The van der Waals surface area contributed by atoms with E-state index in [1.165, 1.54) is 40.9 Å². The van der Waals surface area contributed by atoms with E-state index in [2.05, 4.69) is 29.2 Å². The molecule has 2 aliphatic rings. The molecule has 0 bridgehead atoms. The minimum absolute atomic E-state index is 0.0818. The van der Waals surface area contributed by atoms with Crippen molar-refractivity contribution >= 4 is 3.27 Å². The Bertz CT molecular complexity index is 425. The predicted molar refractivity (Wildman–Crippen MR) is 77.9 cm³/mol. The van der Waals surface area contributed by atoms with Gasteiger partial charge in [0.1, 0.15) is 0 Å². The second-order valence-electron chi connectivity index (χ2n) is 6.28. The van der Waals surface area contributed by atoms with Gasteiger partial charge in [0.25, 0.3) is 0 Å². The van der Waals surface area contributed by atoms with Crippen LogP contribution in [0.2, 0.25) is 0 Å². The summed E-state index contributed by atoms with van der Waals surface area (Å²) in [6.07, 6.45) is 7.11. The summed E-state index contributed by atoms with van der Waals surface area (Å²) < 4.78 is 1.40. The summed E-state index contributed by atoms with van der Waals surface area (Å²) in [5, 5.41) is 10.2. The van der Waals surface area contributed by atoms with Crippen molar-refractivity contribution in [1.29, 1.82) is 0 Å². The van der Waals surface area contributed by atoms with Crippen molar-refractivity contribution in [2.24, 2.45) is 0 Å². The fourth-order valence-corrected chi connectivity index (χ4v) is 4.31. The van der Waals surface area contributed by atoms with Crippen LogP contribution in [0.5, 0.6) is 0 Å². The number of piperidine rings is 1. The van der Waals surface area contributed by atoms with Gasteiger partial charge in [-0.3, -0.25) is 0 Å². The first-order valence-corrected chi connectivity index (χ1v) is 9.38. The van der Waals surface area contributed by atoms with Gasteiger partial charge in [-0.1, -0.05) is 0 Å². The van der Waals surface area contributed by atoms with E-state index in [4.69, 9.17) is 0 Å². The zero-order valence-electron chi connectivity index (χ0n) is 12.0. The molecular weight excluding hydrogens is 444 g/mol. The Morgan fingerprint density at radius 1 is 0.950 bits per heavy atom. The second-order valence-corrected chi connectivity index (χ2v) is 7.98. The molecule has 0 spiro atoms. The monoisotopic (exact) mass is 468 g/mol. The third kappa shape index (κ3) is 3.43. The van der Waals surface area contributed by atoms with Gasteiger partial charge in [-0.25, -0.2) is 0 Å². The fraction of sp³-hybridized carbons (Fsp3) is 0.647. The summed E-state index contributed by atoms with van der Waals surface area (Å²) in [6.45, 7) is 2.31. The molecule has 1 N–H and O–H groups in total. The average Bonchev–Trinajstić information content (AvgIpc) is 2.49. The number of hydrogen-bond acceptors (Lipinski definition) is 2. The number of likely N-dealkylation sites (tertiary alicyclic amines) is 1. The zero-order valence-corrected chi connectivity index (χ0v) is 14.9. The summed E-state index contributed by atoms with van der Waals surface area (Å²) in [5.74, 6) is 0.722. The summed E-state index contributed by atoms with van der Waals surface area (Å²) in [7, 11) is 0. The molecular formula is C17H24AtNO. The Morgan fingerprint density at radius 3 is 2.25 bits per heavy atom. The van der Waals surface area contributed by atoms with Crippen molar-refractivity contribution in [2.75, 3.05) is 13.1 Å². The maximum atomic E-state index is 10.2. The normalized spacial score (nSPS) is 29.5. The van der Waals surface area contributed by atoms with Crippen LogP contribution >= 0.6 is 0 Å². The Labute approximate surface area is 137 Å². The first-order valence-electron chi connectivity index (χ1n) is 7.91. The van der Waals surface area contributed by atoms with Gasteiger partial charge < -0.3 is 0 Å². The molecule has 1 aromatic carbocycles. The van der Waals surface area contributed by atoms with Gasteiger partial charge in [0.05, 0.1) is 0 Å². The van der Waals surface area contributed by atoms with Crippen LogP contribution in [0.4, 0.5) is 0 Å². The van der Waals surface area contributed by atoms with Crippen molar-refractivity contribution in [2.45, 2.75) is 56.6 Å². The van der Waals surface area contributed by atoms with Crippen molar-refractivity contribution in [1.82, 2.24) is 4.90 Å². The van der Waals surface area contributed by atoms with Crippen LogP contribution < -0.4 is 3.27 Å². The van der Waals surface area contributed by atoms with E-state index in [0.717, 1.165) is 25.4 Å². The van der Waals surface area contributed by atoms with E-state index in [9.17, 15) is 5.11 Å². The molecule has 20 heavy (non-hydrogen) atoms. The zero-order chi connectivity index (χ0) is 13.9.